The summed E-state index contributed by atoms with van der Waals surface area (Å²) in [5, 5.41) is 0. The van der Waals surface area contributed by atoms with Crippen LogP contribution in [0.1, 0.15) is 12.0 Å². The largest absolute Gasteiger partial charge is 1.00 e. The van der Waals surface area contributed by atoms with E-state index in [1.165, 1.54) is 18.5 Å². The molecule has 0 aliphatic carbocycles. The minimum absolute atomic E-state index is 0. The van der Waals surface area contributed by atoms with E-state index in [0.717, 1.165) is 11.0 Å². The number of quaternary nitrogens is 1. The van der Waals surface area contributed by atoms with E-state index in [9.17, 15) is 0 Å². The Bertz CT molecular complexity index is 278. The molecule has 1 rings (SSSR count). The third-order valence-corrected chi connectivity index (χ3v) is 2.30. The van der Waals surface area contributed by atoms with Crippen LogP contribution in [0.4, 0.5) is 0 Å². The first kappa shape index (κ1) is 18.4. The first-order chi connectivity index (χ1) is 6.47. The lowest BCUT2D eigenvalue weighted by molar-refractivity contribution is -0.873. The number of pyridine rings is 1. The second kappa shape index (κ2) is 8.20. The number of hydrogen-bond acceptors (Lipinski definition) is 0. The molecule has 0 atom stereocenters. The first-order valence-electron chi connectivity index (χ1n) is 5.23. The molecule has 1 aromatic rings. The van der Waals surface area contributed by atoms with Gasteiger partial charge in [0.25, 0.3) is 0 Å². The van der Waals surface area contributed by atoms with E-state index in [1.54, 1.807) is 0 Å². The molecule has 0 bridgehead atoms. The first-order valence-corrected chi connectivity index (χ1v) is 5.23. The minimum atomic E-state index is 0. The molecule has 0 amide bonds. The van der Waals surface area contributed by atoms with Crippen molar-refractivity contribution in [1.29, 1.82) is 0 Å². The normalized spacial score (nSPS) is 10.2. The lowest BCUT2D eigenvalue weighted by Gasteiger charge is -2.22. The molecule has 0 aromatic carbocycles. The summed E-state index contributed by atoms with van der Waals surface area (Å²) in [5.74, 6) is 0. The second-order valence-corrected chi connectivity index (χ2v) is 4.98. The molecule has 0 saturated heterocycles. The summed E-state index contributed by atoms with van der Waals surface area (Å²) < 4.78 is 3.30. The Morgan fingerprint density at radius 3 is 2.00 bits per heavy atom. The number of rotatable bonds is 4. The van der Waals surface area contributed by atoms with Crippen molar-refractivity contribution in [2.45, 2.75) is 19.9 Å². The Balaban J connectivity index is 0. The maximum absolute atomic E-state index is 2.25. The maximum atomic E-state index is 2.25. The summed E-state index contributed by atoms with van der Waals surface area (Å²) in [4.78, 5) is 0. The molecule has 0 unspecified atom stereocenters. The van der Waals surface area contributed by atoms with E-state index in [2.05, 4.69) is 57.2 Å². The average Bonchev–Trinajstić information content (AvgIpc) is 2.06. The van der Waals surface area contributed by atoms with Gasteiger partial charge >= 0.3 is 0 Å². The lowest BCUT2D eigenvalue weighted by Crippen LogP contribution is -3.00. The molecule has 0 radical (unpaired) electrons. The van der Waals surface area contributed by atoms with E-state index in [-0.39, 0.29) is 34.0 Å². The molecular weight excluding hydrogens is 332 g/mol. The van der Waals surface area contributed by atoms with Gasteiger partial charge in [0.2, 0.25) is 0 Å². The Labute approximate surface area is 120 Å². The van der Waals surface area contributed by atoms with Crippen molar-refractivity contribution in [3.63, 3.8) is 0 Å². The van der Waals surface area contributed by atoms with Crippen LogP contribution in [0.3, 0.4) is 0 Å². The zero-order valence-electron chi connectivity index (χ0n) is 10.6. The molecular formula is C12H22Br2N2. The van der Waals surface area contributed by atoms with Crippen LogP contribution in [0.25, 0.3) is 0 Å². The van der Waals surface area contributed by atoms with Crippen LogP contribution in [-0.4, -0.2) is 32.2 Å². The van der Waals surface area contributed by atoms with Crippen LogP contribution in [0.2, 0.25) is 0 Å². The van der Waals surface area contributed by atoms with Crippen molar-refractivity contribution in [3.8, 4) is 0 Å². The summed E-state index contributed by atoms with van der Waals surface area (Å²) in [7, 11) is 6.71. The molecule has 16 heavy (non-hydrogen) atoms. The fourth-order valence-electron chi connectivity index (χ4n) is 1.41. The second-order valence-electron chi connectivity index (χ2n) is 4.98. The monoisotopic (exact) mass is 352 g/mol. The highest BCUT2D eigenvalue weighted by Gasteiger charge is 2.08. The Kier molecular flexibility index (Phi) is 9.45. The van der Waals surface area contributed by atoms with Gasteiger partial charge in [-0.1, -0.05) is 0 Å². The maximum Gasteiger partial charge on any atom is 0.169 e. The van der Waals surface area contributed by atoms with Gasteiger partial charge in [0.15, 0.2) is 18.9 Å². The number of hydrogen-bond donors (Lipinski definition) is 0. The third kappa shape index (κ3) is 8.25. The minimum Gasteiger partial charge on any atom is -1.00 e. The third-order valence-electron chi connectivity index (χ3n) is 2.30. The van der Waals surface area contributed by atoms with Crippen molar-refractivity contribution in [1.82, 2.24) is 0 Å². The van der Waals surface area contributed by atoms with Gasteiger partial charge in [0.05, 0.1) is 34.1 Å². The summed E-state index contributed by atoms with van der Waals surface area (Å²) in [6.45, 7) is 4.47. The van der Waals surface area contributed by atoms with Gasteiger partial charge in [0.1, 0.15) is 0 Å². The van der Waals surface area contributed by atoms with Crippen molar-refractivity contribution >= 4 is 0 Å². The van der Waals surface area contributed by atoms with Gasteiger partial charge in [-0.2, -0.15) is 0 Å². The summed E-state index contributed by atoms with van der Waals surface area (Å²) in [6, 6.07) is 4.32. The predicted octanol–water partition coefficient (Wildman–Crippen LogP) is -4.61. The van der Waals surface area contributed by atoms with E-state index < -0.39 is 0 Å². The lowest BCUT2D eigenvalue weighted by atomic mass is 10.3. The van der Waals surface area contributed by atoms with Gasteiger partial charge in [-0.3, -0.25) is 0 Å². The van der Waals surface area contributed by atoms with Crippen LogP contribution in [0.15, 0.2) is 24.5 Å². The van der Waals surface area contributed by atoms with Crippen LogP contribution < -0.4 is 38.5 Å². The fourth-order valence-corrected chi connectivity index (χ4v) is 1.41. The zero-order chi connectivity index (χ0) is 10.6. The van der Waals surface area contributed by atoms with Crippen molar-refractivity contribution < 1.29 is 43.0 Å². The van der Waals surface area contributed by atoms with E-state index in [4.69, 9.17) is 0 Å². The van der Waals surface area contributed by atoms with E-state index in [0.29, 0.717) is 0 Å². The van der Waals surface area contributed by atoms with Crippen molar-refractivity contribution in [2.24, 2.45) is 0 Å². The van der Waals surface area contributed by atoms with Crippen LogP contribution in [0.5, 0.6) is 0 Å². The molecule has 1 aromatic heterocycles. The zero-order valence-corrected chi connectivity index (χ0v) is 13.8. The topological polar surface area (TPSA) is 3.88 Å². The molecule has 0 N–H and O–H groups in total. The number of nitrogens with zero attached hydrogens (tertiary/aromatic N) is 2. The fraction of sp³-hybridized carbons (Fsp3) is 0.583. The van der Waals surface area contributed by atoms with Crippen molar-refractivity contribution in [3.05, 3.63) is 30.1 Å². The molecule has 0 fully saturated rings. The van der Waals surface area contributed by atoms with Gasteiger partial charge in [-0.25, -0.2) is 4.57 Å². The predicted molar refractivity (Wildman–Crippen MR) is 58.9 cm³/mol. The van der Waals surface area contributed by atoms with Crippen LogP contribution in [-0.2, 0) is 6.54 Å². The molecule has 2 nitrogen and oxygen atoms in total. The highest BCUT2D eigenvalue weighted by molar-refractivity contribution is 5.03. The average molecular weight is 354 g/mol. The molecule has 4 heteroatoms. The van der Waals surface area contributed by atoms with Gasteiger partial charge in [0, 0.05) is 12.1 Å². The number of halogens is 2. The standard InChI is InChI=1S/C12H22N2.2BrH/c1-12-6-9-13(10-7-12)8-5-11-14(2,3)4;;/h6-7,9-10H,5,8,11H2,1-4H3;2*1H/q+2;;/p-2. The van der Waals surface area contributed by atoms with Gasteiger partial charge in [-0.05, 0) is 12.5 Å². The van der Waals surface area contributed by atoms with Crippen LogP contribution in [0, 0.1) is 6.92 Å². The van der Waals surface area contributed by atoms with Crippen LogP contribution >= 0.6 is 0 Å². The molecule has 0 aliphatic heterocycles. The molecule has 0 saturated carbocycles. The summed E-state index contributed by atoms with van der Waals surface area (Å²) in [5.41, 5.74) is 1.33. The molecule has 94 valence electrons. The highest BCUT2D eigenvalue weighted by atomic mass is 79.9. The smallest absolute Gasteiger partial charge is 0.169 e. The van der Waals surface area contributed by atoms with E-state index >= 15 is 0 Å². The summed E-state index contributed by atoms with van der Waals surface area (Å²) in [6.07, 6.45) is 5.55. The molecule has 0 aliphatic rings. The summed E-state index contributed by atoms with van der Waals surface area (Å²) >= 11 is 0. The number of aromatic nitrogens is 1. The number of aryl methyl sites for hydroxylation is 2. The van der Waals surface area contributed by atoms with E-state index in [1.807, 2.05) is 0 Å². The quantitative estimate of drug-likeness (QED) is 0.379. The van der Waals surface area contributed by atoms with Gasteiger partial charge < -0.3 is 38.4 Å². The Morgan fingerprint density at radius 1 is 1.06 bits per heavy atom. The van der Waals surface area contributed by atoms with Crippen molar-refractivity contribution in [2.75, 3.05) is 27.7 Å². The Hall–Kier alpha value is 0.0700. The molecule has 0 spiro atoms. The highest BCUT2D eigenvalue weighted by Crippen LogP contribution is 1.94. The molecule has 1 heterocycles. The SMILES string of the molecule is Cc1cc[n+](CCC[N+](C)(C)C)cc1.[Br-].[Br-]. The van der Waals surface area contributed by atoms with Gasteiger partial charge in [-0.15, -0.1) is 0 Å². The Morgan fingerprint density at radius 2 is 1.56 bits per heavy atom.